The van der Waals surface area contributed by atoms with Crippen molar-refractivity contribution in [2.45, 2.75) is 33.1 Å². The molecule has 1 heterocycles. The second kappa shape index (κ2) is 13.3. The molecule has 38 heavy (non-hydrogen) atoms. The molecule has 3 rings (SSSR count). The van der Waals surface area contributed by atoms with E-state index in [9.17, 15) is 22.8 Å². The zero-order valence-corrected chi connectivity index (χ0v) is 21.9. The van der Waals surface area contributed by atoms with Crippen LogP contribution in [0, 0.1) is 5.92 Å². The molecule has 0 aliphatic rings. The summed E-state index contributed by atoms with van der Waals surface area (Å²) in [6, 6.07) is 18.1. The second-order valence-corrected chi connectivity index (χ2v) is 9.58. The summed E-state index contributed by atoms with van der Waals surface area (Å²) in [5.41, 5.74) is 1.03. The number of halogens is 3. The van der Waals surface area contributed by atoms with Crippen molar-refractivity contribution in [2.75, 3.05) is 33.4 Å². The fourth-order valence-corrected chi connectivity index (χ4v) is 4.15. The molecule has 0 bridgehead atoms. The Morgan fingerprint density at radius 1 is 0.974 bits per heavy atom. The summed E-state index contributed by atoms with van der Waals surface area (Å²) in [7, 11) is 1.54. The predicted molar refractivity (Wildman–Crippen MR) is 139 cm³/mol. The molecular formula is C29H34F3N3O3. The largest absolute Gasteiger partial charge is 0.416 e. The molecule has 0 fully saturated rings. The van der Waals surface area contributed by atoms with Crippen LogP contribution < -0.4 is 0 Å². The van der Waals surface area contributed by atoms with Crippen molar-refractivity contribution in [1.82, 2.24) is 14.4 Å². The van der Waals surface area contributed by atoms with Gasteiger partial charge in [-0.05, 0) is 41.8 Å². The number of hydrogen-bond donors (Lipinski definition) is 0. The minimum absolute atomic E-state index is 0.00748. The topological polar surface area (TPSA) is 54.8 Å². The molecular weight excluding hydrogens is 495 g/mol. The Kier molecular flexibility index (Phi) is 10.1. The molecule has 0 N–H and O–H groups in total. The highest BCUT2D eigenvalue weighted by molar-refractivity contribution is 5.96. The van der Waals surface area contributed by atoms with Crippen molar-refractivity contribution < 1.29 is 27.5 Å². The highest BCUT2D eigenvalue weighted by Crippen LogP contribution is 2.30. The summed E-state index contributed by atoms with van der Waals surface area (Å²) < 4.78 is 47.0. The smallest absolute Gasteiger partial charge is 0.383 e. The quantitative estimate of drug-likeness (QED) is 0.319. The third-order valence-electron chi connectivity index (χ3n) is 6.03. The number of carbonyl (C=O) groups excluding carboxylic acids is 2. The van der Waals surface area contributed by atoms with Crippen LogP contribution in [0.15, 0.2) is 72.9 Å². The van der Waals surface area contributed by atoms with E-state index in [0.717, 1.165) is 23.4 Å². The van der Waals surface area contributed by atoms with Gasteiger partial charge < -0.3 is 19.1 Å². The van der Waals surface area contributed by atoms with Crippen molar-refractivity contribution in [2.24, 2.45) is 5.92 Å². The monoisotopic (exact) mass is 529 g/mol. The van der Waals surface area contributed by atoms with Gasteiger partial charge in [0.15, 0.2) is 0 Å². The van der Waals surface area contributed by atoms with Crippen molar-refractivity contribution in [3.8, 4) is 0 Å². The summed E-state index contributed by atoms with van der Waals surface area (Å²) in [6.45, 7) is 5.29. The normalized spacial score (nSPS) is 11.6. The first-order valence-corrected chi connectivity index (χ1v) is 12.5. The second-order valence-electron chi connectivity index (χ2n) is 9.58. The molecule has 2 aromatic carbocycles. The van der Waals surface area contributed by atoms with Crippen LogP contribution in [0.25, 0.3) is 0 Å². The lowest BCUT2D eigenvalue weighted by Crippen LogP contribution is -2.45. The lowest BCUT2D eigenvalue weighted by atomic mass is 10.1. The minimum atomic E-state index is -4.57. The van der Waals surface area contributed by atoms with Gasteiger partial charge >= 0.3 is 6.18 Å². The first-order valence-electron chi connectivity index (χ1n) is 12.5. The molecule has 0 radical (unpaired) electrons. The first-order chi connectivity index (χ1) is 18.1. The van der Waals surface area contributed by atoms with Crippen LogP contribution in [-0.4, -0.2) is 59.5 Å². The van der Waals surface area contributed by atoms with Gasteiger partial charge in [-0.2, -0.15) is 13.2 Å². The average molecular weight is 530 g/mol. The standard InChI is InChI=1S/C29H34F3N3O3/c1-22(2)18-35(28(37)24-11-7-12-25(17-24)29(30,31)32)21-27(36)34(15-16-38-3)20-26-13-8-14-33(26)19-23-9-5-4-6-10-23/h4-14,17,22H,15-16,18-21H2,1-3H3. The summed E-state index contributed by atoms with van der Waals surface area (Å²) >= 11 is 0. The number of benzene rings is 2. The maximum absolute atomic E-state index is 13.5. The molecule has 0 aliphatic carbocycles. The Morgan fingerprint density at radius 2 is 1.71 bits per heavy atom. The number of nitrogens with zero attached hydrogens (tertiary/aromatic N) is 3. The summed E-state index contributed by atoms with van der Waals surface area (Å²) in [5, 5.41) is 0. The number of aromatic nitrogens is 1. The van der Waals surface area contributed by atoms with Gasteiger partial charge in [0.05, 0.1) is 18.7 Å². The van der Waals surface area contributed by atoms with Crippen LogP contribution in [0.1, 0.15) is 41.0 Å². The van der Waals surface area contributed by atoms with Crippen molar-refractivity contribution in [3.05, 3.63) is 95.3 Å². The third-order valence-corrected chi connectivity index (χ3v) is 6.03. The van der Waals surface area contributed by atoms with E-state index in [2.05, 4.69) is 4.57 Å². The van der Waals surface area contributed by atoms with Gasteiger partial charge in [-0.1, -0.05) is 50.2 Å². The number of hydrogen-bond acceptors (Lipinski definition) is 3. The molecule has 0 aliphatic heterocycles. The molecule has 0 saturated carbocycles. The number of methoxy groups -OCH3 is 1. The van der Waals surface area contributed by atoms with Crippen LogP contribution in [-0.2, 0) is 28.8 Å². The van der Waals surface area contributed by atoms with Crippen LogP contribution >= 0.6 is 0 Å². The Labute approximate surface area is 221 Å². The number of ether oxygens (including phenoxy) is 1. The van der Waals surface area contributed by atoms with E-state index >= 15 is 0 Å². The molecule has 9 heteroatoms. The summed E-state index contributed by atoms with van der Waals surface area (Å²) in [5.74, 6) is -0.916. The zero-order chi connectivity index (χ0) is 27.7. The van der Waals surface area contributed by atoms with Gasteiger partial charge in [-0.25, -0.2) is 0 Å². The molecule has 0 spiro atoms. The van der Waals surface area contributed by atoms with Crippen molar-refractivity contribution in [3.63, 3.8) is 0 Å². The first kappa shape index (κ1) is 29.0. The lowest BCUT2D eigenvalue weighted by molar-refractivity contribution is -0.137. The van der Waals surface area contributed by atoms with Crippen molar-refractivity contribution >= 4 is 11.8 Å². The highest BCUT2D eigenvalue weighted by Gasteiger charge is 2.32. The molecule has 0 saturated heterocycles. The van der Waals surface area contributed by atoms with E-state index in [1.54, 1.807) is 12.0 Å². The van der Waals surface area contributed by atoms with Gasteiger partial charge in [0, 0.05) is 44.2 Å². The Morgan fingerprint density at radius 3 is 2.37 bits per heavy atom. The number of alkyl halides is 3. The molecule has 0 atom stereocenters. The summed E-state index contributed by atoms with van der Waals surface area (Å²) in [4.78, 5) is 29.7. The van der Waals surface area contributed by atoms with Gasteiger partial charge in [0.2, 0.25) is 5.91 Å². The van der Waals surface area contributed by atoms with E-state index in [0.29, 0.717) is 26.2 Å². The predicted octanol–water partition coefficient (Wildman–Crippen LogP) is 5.33. The van der Waals surface area contributed by atoms with E-state index < -0.39 is 17.6 Å². The van der Waals surface area contributed by atoms with Crippen LogP contribution in [0.3, 0.4) is 0 Å². The van der Waals surface area contributed by atoms with Crippen molar-refractivity contribution in [1.29, 1.82) is 0 Å². The number of rotatable bonds is 12. The van der Waals surface area contributed by atoms with Crippen LogP contribution in [0.4, 0.5) is 13.2 Å². The fraction of sp³-hybridized carbons (Fsp3) is 0.379. The number of carbonyl (C=O) groups is 2. The Hall–Kier alpha value is -3.59. The lowest BCUT2D eigenvalue weighted by Gasteiger charge is -2.29. The van der Waals surface area contributed by atoms with Crippen LogP contribution in [0.2, 0.25) is 0 Å². The maximum atomic E-state index is 13.5. The highest BCUT2D eigenvalue weighted by atomic mass is 19.4. The van der Waals surface area contributed by atoms with E-state index in [1.807, 2.05) is 62.5 Å². The third kappa shape index (κ3) is 8.21. The van der Waals surface area contributed by atoms with Gasteiger partial charge in [0.1, 0.15) is 6.54 Å². The van der Waals surface area contributed by atoms with E-state index in [4.69, 9.17) is 4.74 Å². The maximum Gasteiger partial charge on any atom is 0.416 e. The average Bonchev–Trinajstić information content (AvgIpc) is 3.31. The molecule has 3 aromatic rings. The van der Waals surface area contributed by atoms with Gasteiger partial charge in [-0.15, -0.1) is 0 Å². The van der Waals surface area contributed by atoms with Crippen LogP contribution in [0.5, 0.6) is 0 Å². The Balaban J connectivity index is 1.80. The molecule has 204 valence electrons. The van der Waals surface area contributed by atoms with E-state index in [-0.39, 0.29) is 30.5 Å². The molecule has 2 amide bonds. The number of amides is 2. The Bertz CT molecular complexity index is 1190. The summed E-state index contributed by atoms with van der Waals surface area (Å²) in [6.07, 6.45) is -2.62. The molecule has 0 unspecified atom stereocenters. The van der Waals surface area contributed by atoms with Gasteiger partial charge in [-0.3, -0.25) is 9.59 Å². The fourth-order valence-electron chi connectivity index (χ4n) is 4.15. The molecule has 6 nitrogen and oxygen atoms in total. The zero-order valence-electron chi connectivity index (χ0n) is 21.9. The minimum Gasteiger partial charge on any atom is -0.383 e. The van der Waals surface area contributed by atoms with Gasteiger partial charge in [0.25, 0.3) is 5.91 Å². The van der Waals surface area contributed by atoms with E-state index in [1.165, 1.54) is 17.0 Å². The molecule has 1 aromatic heterocycles. The SMILES string of the molecule is COCCN(Cc1cccn1Cc1ccccc1)C(=O)CN(CC(C)C)C(=O)c1cccc(C(F)(F)F)c1.